The van der Waals surface area contributed by atoms with Crippen LogP contribution in [0.1, 0.15) is 18.9 Å². The maximum absolute atomic E-state index is 13.2. The number of halogens is 2. The third kappa shape index (κ3) is 3.61. The minimum absolute atomic E-state index is 0.186. The van der Waals surface area contributed by atoms with Crippen LogP contribution in [0.3, 0.4) is 0 Å². The summed E-state index contributed by atoms with van der Waals surface area (Å²) in [5.74, 6) is -1.64. The Morgan fingerprint density at radius 1 is 0.947 bits per heavy atom. The standard InChI is InChI=1S/C16H17F2N/c1-11(19)2-3-12-4-6-13(7-5-12)14-8-9-15(17)16(18)10-14/h4-11H,2-3,19H2,1H3. The van der Waals surface area contributed by atoms with Gasteiger partial charge < -0.3 is 5.73 Å². The lowest BCUT2D eigenvalue weighted by Gasteiger charge is -2.07. The van der Waals surface area contributed by atoms with Gasteiger partial charge in [-0.1, -0.05) is 30.3 Å². The van der Waals surface area contributed by atoms with Gasteiger partial charge >= 0.3 is 0 Å². The first-order valence-corrected chi connectivity index (χ1v) is 6.36. The molecule has 1 atom stereocenters. The van der Waals surface area contributed by atoms with E-state index in [0.717, 1.165) is 24.5 Å². The molecule has 0 saturated heterocycles. The molecule has 2 N–H and O–H groups in total. The lowest BCUT2D eigenvalue weighted by atomic mass is 10.0. The lowest BCUT2D eigenvalue weighted by Crippen LogP contribution is -2.15. The molecule has 0 aliphatic heterocycles. The summed E-state index contributed by atoms with van der Waals surface area (Å²) in [4.78, 5) is 0. The van der Waals surface area contributed by atoms with E-state index in [4.69, 9.17) is 5.73 Å². The predicted molar refractivity (Wildman–Crippen MR) is 73.8 cm³/mol. The summed E-state index contributed by atoms with van der Waals surface area (Å²) in [6, 6.07) is 12.0. The van der Waals surface area contributed by atoms with E-state index in [1.165, 1.54) is 11.6 Å². The number of benzene rings is 2. The fraction of sp³-hybridized carbons (Fsp3) is 0.250. The Hall–Kier alpha value is -1.74. The summed E-state index contributed by atoms with van der Waals surface area (Å²) in [5, 5.41) is 0. The highest BCUT2D eigenvalue weighted by molar-refractivity contribution is 5.63. The second kappa shape index (κ2) is 5.93. The molecule has 0 spiro atoms. The molecule has 0 fully saturated rings. The van der Waals surface area contributed by atoms with Crippen molar-refractivity contribution in [1.82, 2.24) is 0 Å². The van der Waals surface area contributed by atoms with Gasteiger partial charge in [-0.3, -0.25) is 0 Å². The van der Waals surface area contributed by atoms with E-state index in [0.29, 0.717) is 5.56 Å². The molecule has 0 radical (unpaired) electrons. The Labute approximate surface area is 112 Å². The molecule has 0 bridgehead atoms. The molecule has 0 saturated carbocycles. The van der Waals surface area contributed by atoms with Crippen LogP contribution in [0.15, 0.2) is 42.5 Å². The van der Waals surface area contributed by atoms with E-state index in [9.17, 15) is 8.78 Å². The Morgan fingerprint density at radius 3 is 2.16 bits per heavy atom. The monoisotopic (exact) mass is 261 g/mol. The zero-order valence-electron chi connectivity index (χ0n) is 10.9. The maximum atomic E-state index is 13.2. The maximum Gasteiger partial charge on any atom is 0.159 e. The van der Waals surface area contributed by atoms with Crippen molar-refractivity contribution in [2.75, 3.05) is 0 Å². The van der Waals surface area contributed by atoms with Gasteiger partial charge in [0.15, 0.2) is 11.6 Å². The van der Waals surface area contributed by atoms with Gasteiger partial charge in [0.2, 0.25) is 0 Å². The van der Waals surface area contributed by atoms with Crippen LogP contribution < -0.4 is 5.73 Å². The molecule has 0 aromatic heterocycles. The van der Waals surface area contributed by atoms with Crippen molar-refractivity contribution >= 4 is 0 Å². The Bertz CT molecular complexity index is 547. The van der Waals surface area contributed by atoms with Gasteiger partial charge in [-0.05, 0) is 48.6 Å². The topological polar surface area (TPSA) is 26.0 Å². The first kappa shape index (κ1) is 13.7. The molecule has 0 aliphatic rings. The fourth-order valence-electron chi connectivity index (χ4n) is 1.93. The van der Waals surface area contributed by atoms with Crippen LogP contribution in [-0.4, -0.2) is 6.04 Å². The molecule has 2 aromatic rings. The van der Waals surface area contributed by atoms with Crippen molar-refractivity contribution < 1.29 is 8.78 Å². The van der Waals surface area contributed by atoms with E-state index >= 15 is 0 Å². The second-order valence-corrected chi connectivity index (χ2v) is 4.84. The average molecular weight is 261 g/mol. The molecular formula is C16H17F2N. The number of hydrogen-bond donors (Lipinski definition) is 1. The molecule has 0 amide bonds. The number of nitrogens with two attached hydrogens (primary N) is 1. The van der Waals surface area contributed by atoms with Crippen molar-refractivity contribution in [2.45, 2.75) is 25.8 Å². The highest BCUT2D eigenvalue weighted by atomic mass is 19.2. The average Bonchev–Trinajstić information content (AvgIpc) is 2.40. The highest BCUT2D eigenvalue weighted by Crippen LogP contribution is 2.22. The van der Waals surface area contributed by atoms with Gasteiger partial charge in [0, 0.05) is 6.04 Å². The van der Waals surface area contributed by atoms with E-state index in [1.54, 1.807) is 6.07 Å². The van der Waals surface area contributed by atoms with Gasteiger partial charge in [0.05, 0.1) is 0 Å². The van der Waals surface area contributed by atoms with Crippen molar-refractivity contribution in [3.05, 3.63) is 59.7 Å². The highest BCUT2D eigenvalue weighted by Gasteiger charge is 2.04. The molecule has 1 nitrogen and oxygen atoms in total. The Balaban J connectivity index is 2.15. The molecule has 100 valence electrons. The minimum atomic E-state index is -0.822. The SMILES string of the molecule is CC(N)CCc1ccc(-c2ccc(F)c(F)c2)cc1. The van der Waals surface area contributed by atoms with Crippen LogP contribution in [0.2, 0.25) is 0 Å². The third-order valence-corrected chi connectivity index (χ3v) is 3.10. The summed E-state index contributed by atoms with van der Waals surface area (Å²) >= 11 is 0. The summed E-state index contributed by atoms with van der Waals surface area (Å²) < 4.78 is 26.0. The number of rotatable bonds is 4. The van der Waals surface area contributed by atoms with Crippen LogP contribution in [0.25, 0.3) is 11.1 Å². The van der Waals surface area contributed by atoms with Gasteiger partial charge in [-0.25, -0.2) is 8.78 Å². The van der Waals surface area contributed by atoms with Crippen LogP contribution in [-0.2, 0) is 6.42 Å². The first-order chi connectivity index (χ1) is 9.06. The van der Waals surface area contributed by atoms with Crippen molar-refractivity contribution in [3.8, 4) is 11.1 Å². The van der Waals surface area contributed by atoms with Crippen molar-refractivity contribution in [1.29, 1.82) is 0 Å². The summed E-state index contributed by atoms with van der Waals surface area (Å²) in [7, 11) is 0. The van der Waals surface area contributed by atoms with E-state index < -0.39 is 11.6 Å². The number of aryl methyl sites for hydroxylation is 1. The van der Waals surface area contributed by atoms with Crippen molar-refractivity contribution in [2.24, 2.45) is 5.73 Å². The Morgan fingerprint density at radius 2 is 1.58 bits per heavy atom. The van der Waals surface area contributed by atoms with Gasteiger partial charge in [-0.15, -0.1) is 0 Å². The summed E-state index contributed by atoms with van der Waals surface area (Å²) in [6.07, 6.45) is 1.86. The predicted octanol–water partition coefficient (Wildman–Crippen LogP) is 3.91. The van der Waals surface area contributed by atoms with Gasteiger partial charge in [0.25, 0.3) is 0 Å². The zero-order valence-corrected chi connectivity index (χ0v) is 10.9. The Kier molecular flexibility index (Phi) is 4.27. The van der Waals surface area contributed by atoms with E-state index in [2.05, 4.69) is 0 Å². The van der Waals surface area contributed by atoms with Crippen LogP contribution >= 0.6 is 0 Å². The quantitative estimate of drug-likeness (QED) is 0.887. The minimum Gasteiger partial charge on any atom is -0.328 e. The zero-order chi connectivity index (χ0) is 13.8. The fourth-order valence-corrected chi connectivity index (χ4v) is 1.93. The molecule has 0 aliphatic carbocycles. The molecule has 19 heavy (non-hydrogen) atoms. The molecule has 2 rings (SSSR count). The van der Waals surface area contributed by atoms with Crippen LogP contribution in [0, 0.1) is 11.6 Å². The lowest BCUT2D eigenvalue weighted by molar-refractivity contribution is 0.509. The summed E-state index contributed by atoms with van der Waals surface area (Å²) in [5.41, 5.74) is 8.47. The van der Waals surface area contributed by atoms with Crippen LogP contribution in [0.4, 0.5) is 8.78 Å². The van der Waals surface area contributed by atoms with Crippen molar-refractivity contribution in [3.63, 3.8) is 0 Å². The third-order valence-electron chi connectivity index (χ3n) is 3.10. The molecule has 1 unspecified atom stereocenters. The molecule has 0 heterocycles. The summed E-state index contributed by atoms with van der Waals surface area (Å²) in [6.45, 7) is 1.98. The molecular weight excluding hydrogens is 244 g/mol. The van der Waals surface area contributed by atoms with Gasteiger partial charge in [0.1, 0.15) is 0 Å². The van der Waals surface area contributed by atoms with E-state index in [-0.39, 0.29) is 6.04 Å². The second-order valence-electron chi connectivity index (χ2n) is 4.84. The molecule has 2 aromatic carbocycles. The first-order valence-electron chi connectivity index (χ1n) is 6.36. The van der Waals surface area contributed by atoms with Crippen LogP contribution in [0.5, 0.6) is 0 Å². The smallest absolute Gasteiger partial charge is 0.159 e. The normalized spacial score (nSPS) is 12.4. The number of hydrogen-bond acceptors (Lipinski definition) is 1. The largest absolute Gasteiger partial charge is 0.328 e. The van der Waals surface area contributed by atoms with Gasteiger partial charge in [-0.2, -0.15) is 0 Å². The molecule has 3 heteroatoms. The van der Waals surface area contributed by atoms with E-state index in [1.807, 2.05) is 31.2 Å².